The molecule has 1 amide bonds. The molecule has 142 valence electrons. The van der Waals surface area contributed by atoms with Gasteiger partial charge in [-0.15, -0.1) is 0 Å². The van der Waals surface area contributed by atoms with Gasteiger partial charge in [-0.3, -0.25) is 14.9 Å². The molecule has 0 aromatic heterocycles. The molecular weight excluding hydrogens is 348 g/mol. The monoisotopic (exact) mass is 370 g/mol. The summed E-state index contributed by atoms with van der Waals surface area (Å²) in [5, 5.41) is 14.5. The molecule has 7 heteroatoms. The van der Waals surface area contributed by atoms with Crippen molar-refractivity contribution in [3.63, 3.8) is 0 Å². The molecule has 1 saturated carbocycles. The number of hydrogen-bond donors (Lipinski definition) is 1. The van der Waals surface area contributed by atoms with Gasteiger partial charge >= 0.3 is 0 Å². The SMILES string of the molecule is CCOc1cc(C(=O)NC(c2ccccc2)C2CC2)c([N+](=O)[O-])cc1OC. The molecule has 0 bridgehead atoms. The minimum atomic E-state index is -0.582. The number of benzene rings is 2. The van der Waals surface area contributed by atoms with Crippen molar-refractivity contribution in [2.24, 2.45) is 5.92 Å². The van der Waals surface area contributed by atoms with Gasteiger partial charge in [-0.1, -0.05) is 30.3 Å². The smallest absolute Gasteiger partial charge is 0.286 e. The zero-order chi connectivity index (χ0) is 19.4. The molecule has 1 aliphatic rings. The van der Waals surface area contributed by atoms with E-state index < -0.39 is 10.8 Å². The van der Waals surface area contributed by atoms with Gasteiger partial charge in [0.2, 0.25) is 0 Å². The molecule has 0 aliphatic heterocycles. The molecule has 0 spiro atoms. The third kappa shape index (κ3) is 4.19. The summed E-state index contributed by atoms with van der Waals surface area (Å²) in [5.41, 5.74) is 0.649. The van der Waals surface area contributed by atoms with Crippen molar-refractivity contribution in [1.29, 1.82) is 0 Å². The molecule has 1 unspecified atom stereocenters. The lowest BCUT2D eigenvalue weighted by atomic mass is 10.0. The lowest BCUT2D eigenvalue weighted by Crippen LogP contribution is -2.30. The van der Waals surface area contributed by atoms with E-state index in [1.165, 1.54) is 19.2 Å². The fraction of sp³-hybridized carbons (Fsp3) is 0.350. The number of carbonyl (C=O) groups excluding carboxylic acids is 1. The van der Waals surface area contributed by atoms with Crippen LogP contribution < -0.4 is 14.8 Å². The molecule has 2 aromatic carbocycles. The molecule has 1 aliphatic carbocycles. The Kier molecular flexibility index (Phi) is 5.59. The molecule has 3 rings (SSSR count). The van der Waals surface area contributed by atoms with Gasteiger partial charge in [0, 0.05) is 6.07 Å². The number of ether oxygens (including phenoxy) is 2. The topological polar surface area (TPSA) is 90.7 Å². The highest BCUT2D eigenvalue weighted by Crippen LogP contribution is 2.41. The van der Waals surface area contributed by atoms with Gasteiger partial charge in [0.1, 0.15) is 5.56 Å². The van der Waals surface area contributed by atoms with Crippen LogP contribution in [0.2, 0.25) is 0 Å². The number of rotatable bonds is 8. The zero-order valence-corrected chi connectivity index (χ0v) is 15.3. The van der Waals surface area contributed by atoms with E-state index >= 15 is 0 Å². The maximum Gasteiger partial charge on any atom is 0.286 e. The number of methoxy groups -OCH3 is 1. The number of amides is 1. The quantitative estimate of drug-likeness (QED) is 0.562. The third-order valence-corrected chi connectivity index (χ3v) is 4.56. The number of nitro groups is 1. The normalized spacial score (nSPS) is 14.3. The van der Waals surface area contributed by atoms with E-state index in [0.717, 1.165) is 18.4 Å². The maximum absolute atomic E-state index is 12.9. The van der Waals surface area contributed by atoms with Gasteiger partial charge in [-0.25, -0.2) is 0 Å². The van der Waals surface area contributed by atoms with Crippen LogP contribution >= 0.6 is 0 Å². The van der Waals surface area contributed by atoms with Gasteiger partial charge in [0.15, 0.2) is 11.5 Å². The minimum absolute atomic E-state index is 0.0363. The van der Waals surface area contributed by atoms with Crippen LogP contribution in [0.15, 0.2) is 42.5 Å². The second-order valence-corrected chi connectivity index (χ2v) is 6.41. The Labute approximate surface area is 157 Å². The van der Waals surface area contributed by atoms with Crippen LogP contribution in [0, 0.1) is 16.0 Å². The first-order valence-corrected chi connectivity index (χ1v) is 8.90. The van der Waals surface area contributed by atoms with Gasteiger partial charge in [-0.2, -0.15) is 0 Å². The van der Waals surface area contributed by atoms with Crippen LogP contribution in [0.3, 0.4) is 0 Å². The molecule has 0 radical (unpaired) electrons. The number of nitrogens with one attached hydrogen (secondary N) is 1. The molecule has 0 heterocycles. The lowest BCUT2D eigenvalue weighted by Gasteiger charge is -2.19. The maximum atomic E-state index is 12.9. The van der Waals surface area contributed by atoms with E-state index in [4.69, 9.17) is 9.47 Å². The molecule has 1 fully saturated rings. The second kappa shape index (κ2) is 8.07. The van der Waals surface area contributed by atoms with Crippen LogP contribution in [0.25, 0.3) is 0 Å². The minimum Gasteiger partial charge on any atom is -0.493 e. The summed E-state index contributed by atoms with van der Waals surface area (Å²) in [6, 6.07) is 12.1. The summed E-state index contributed by atoms with van der Waals surface area (Å²) >= 11 is 0. The first kappa shape index (κ1) is 18.7. The predicted octanol–water partition coefficient (Wildman–Crippen LogP) is 3.88. The van der Waals surface area contributed by atoms with E-state index in [1.54, 1.807) is 6.92 Å². The molecule has 27 heavy (non-hydrogen) atoms. The van der Waals surface area contributed by atoms with Crippen molar-refractivity contribution in [1.82, 2.24) is 5.32 Å². The Bertz CT molecular complexity index is 834. The van der Waals surface area contributed by atoms with Crippen LogP contribution in [0.4, 0.5) is 5.69 Å². The summed E-state index contributed by atoms with van der Waals surface area (Å²) in [6.45, 7) is 2.14. The highest BCUT2D eigenvalue weighted by molar-refractivity contribution is 5.99. The first-order valence-electron chi connectivity index (χ1n) is 8.90. The average molecular weight is 370 g/mol. The summed E-state index contributed by atoms with van der Waals surface area (Å²) in [6.07, 6.45) is 2.05. The van der Waals surface area contributed by atoms with Crippen LogP contribution in [0.5, 0.6) is 11.5 Å². The number of nitrogens with zero attached hydrogens (tertiary/aromatic N) is 1. The fourth-order valence-electron chi connectivity index (χ4n) is 3.09. The summed E-state index contributed by atoms with van der Waals surface area (Å²) < 4.78 is 10.6. The standard InChI is InChI=1S/C20H22N2O5/c1-3-27-18-11-15(16(22(24)25)12-17(18)26-2)20(23)21-19(14-9-10-14)13-7-5-4-6-8-13/h4-8,11-12,14,19H,3,9-10H2,1-2H3,(H,21,23). The van der Waals surface area contributed by atoms with Crippen LogP contribution in [0.1, 0.15) is 41.7 Å². The Morgan fingerprint density at radius 1 is 1.26 bits per heavy atom. The highest BCUT2D eigenvalue weighted by atomic mass is 16.6. The number of carbonyl (C=O) groups is 1. The Morgan fingerprint density at radius 2 is 1.96 bits per heavy atom. The highest BCUT2D eigenvalue weighted by Gasteiger charge is 2.35. The van der Waals surface area contributed by atoms with Crippen molar-refractivity contribution >= 4 is 11.6 Å². The van der Waals surface area contributed by atoms with Crippen molar-refractivity contribution in [2.75, 3.05) is 13.7 Å². The molecular formula is C20H22N2O5. The summed E-state index contributed by atoms with van der Waals surface area (Å²) in [7, 11) is 1.40. The average Bonchev–Trinajstić information content (AvgIpc) is 3.51. The second-order valence-electron chi connectivity index (χ2n) is 6.41. The zero-order valence-electron chi connectivity index (χ0n) is 15.3. The van der Waals surface area contributed by atoms with Crippen LogP contribution in [-0.2, 0) is 0 Å². The van der Waals surface area contributed by atoms with Crippen molar-refractivity contribution < 1.29 is 19.2 Å². The lowest BCUT2D eigenvalue weighted by molar-refractivity contribution is -0.385. The van der Waals surface area contributed by atoms with E-state index in [0.29, 0.717) is 18.3 Å². The van der Waals surface area contributed by atoms with Crippen LogP contribution in [-0.4, -0.2) is 24.5 Å². The van der Waals surface area contributed by atoms with Gasteiger partial charge in [0.05, 0.1) is 30.7 Å². The fourth-order valence-corrected chi connectivity index (χ4v) is 3.09. The third-order valence-electron chi connectivity index (χ3n) is 4.56. The van der Waals surface area contributed by atoms with E-state index in [-0.39, 0.29) is 23.0 Å². The van der Waals surface area contributed by atoms with E-state index in [2.05, 4.69) is 5.32 Å². The largest absolute Gasteiger partial charge is 0.493 e. The molecule has 1 atom stereocenters. The van der Waals surface area contributed by atoms with Gasteiger partial charge in [0.25, 0.3) is 11.6 Å². The molecule has 0 saturated heterocycles. The van der Waals surface area contributed by atoms with Crippen molar-refractivity contribution in [2.45, 2.75) is 25.8 Å². The number of hydrogen-bond acceptors (Lipinski definition) is 5. The molecule has 7 nitrogen and oxygen atoms in total. The Morgan fingerprint density at radius 3 is 2.52 bits per heavy atom. The number of nitro benzene ring substituents is 1. The van der Waals surface area contributed by atoms with E-state index in [9.17, 15) is 14.9 Å². The van der Waals surface area contributed by atoms with Gasteiger partial charge < -0.3 is 14.8 Å². The predicted molar refractivity (Wildman–Crippen MR) is 100 cm³/mol. The summed E-state index contributed by atoms with van der Waals surface area (Å²) in [5.74, 6) is 0.381. The van der Waals surface area contributed by atoms with Crippen molar-refractivity contribution in [3.8, 4) is 11.5 Å². The molecule has 2 aromatic rings. The molecule has 1 N–H and O–H groups in total. The Hall–Kier alpha value is -3.09. The first-order chi connectivity index (χ1) is 13.0. The Balaban J connectivity index is 1.94. The van der Waals surface area contributed by atoms with E-state index in [1.807, 2.05) is 30.3 Å². The summed E-state index contributed by atoms with van der Waals surface area (Å²) in [4.78, 5) is 23.8. The van der Waals surface area contributed by atoms with Crippen molar-refractivity contribution in [3.05, 3.63) is 63.7 Å². The van der Waals surface area contributed by atoms with Gasteiger partial charge in [-0.05, 0) is 31.2 Å².